The van der Waals surface area contributed by atoms with Gasteiger partial charge in [0.15, 0.2) is 5.69 Å². The maximum Gasteiger partial charge on any atom is 0.326 e. The van der Waals surface area contributed by atoms with Gasteiger partial charge in [0.25, 0.3) is 5.91 Å². The summed E-state index contributed by atoms with van der Waals surface area (Å²) >= 11 is 0. The normalized spacial score (nSPS) is 14.4. The van der Waals surface area contributed by atoms with Crippen molar-refractivity contribution < 1.29 is 14.7 Å². The summed E-state index contributed by atoms with van der Waals surface area (Å²) in [6, 6.07) is 8.80. The number of para-hydroxylation sites is 1. The molecule has 1 unspecified atom stereocenters. The van der Waals surface area contributed by atoms with Crippen LogP contribution < -0.4 is 5.32 Å². The van der Waals surface area contributed by atoms with E-state index < -0.39 is 17.9 Å². The van der Waals surface area contributed by atoms with Gasteiger partial charge in [0.2, 0.25) is 0 Å². The second kappa shape index (κ2) is 7.09. The Bertz CT molecular complexity index is 781. The van der Waals surface area contributed by atoms with Crippen molar-refractivity contribution in [3.63, 3.8) is 0 Å². The van der Waals surface area contributed by atoms with E-state index in [9.17, 15) is 14.7 Å². The Morgan fingerprint density at radius 2 is 1.96 bits per heavy atom. The molecule has 0 radical (unpaired) electrons. The second-order valence-electron chi connectivity index (χ2n) is 6.87. The Morgan fingerprint density at radius 1 is 1.24 bits per heavy atom. The summed E-state index contributed by atoms with van der Waals surface area (Å²) in [6.45, 7) is 3.87. The van der Waals surface area contributed by atoms with Gasteiger partial charge in [-0.1, -0.05) is 32.0 Å². The molecule has 1 heterocycles. The zero-order valence-electron chi connectivity index (χ0n) is 14.5. The number of carboxylic acid groups (broad SMARTS) is 1. The number of nitrogens with one attached hydrogen (secondary N) is 1. The molecule has 1 aliphatic rings. The van der Waals surface area contributed by atoms with Gasteiger partial charge < -0.3 is 10.4 Å². The first-order valence-corrected chi connectivity index (χ1v) is 8.67. The van der Waals surface area contributed by atoms with Crippen molar-refractivity contribution in [1.29, 1.82) is 0 Å². The minimum absolute atomic E-state index is 0.175. The highest BCUT2D eigenvalue weighted by molar-refractivity contribution is 5.96. The van der Waals surface area contributed by atoms with Crippen LogP contribution in [0.4, 0.5) is 0 Å². The maximum absolute atomic E-state index is 12.7. The Labute approximate surface area is 146 Å². The highest BCUT2D eigenvalue weighted by Gasteiger charge is 2.29. The van der Waals surface area contributed by atoms with E-state index in [1.165, 1.54) is 0 Å². The Morgan fingerprint density at radius 3 is 2.60 bits per heavy atom. The first-order chi connectivity index (χ1) is 12.0. The second-order valence-corrected chi connectivity index (χ2v) is 6.87. The van der Waals surface area contributed by atoms with Crippen LogP contribution in [-0.2, 0) is 17.6 Å². The van der Waals surface area contributed by atoms with Crippen molar-refractivity contribution >= 4 is 11.9 Å². The van der Waals surface area contributed by atoms with Crippen LogP contribution in [0.25, 0.3) is 5.69 Å². The van der Waals surface area contributed by atoms with Crippen molar-refractivity contribution in [2.45, 2.75) is 45.6 Å². The quantitative estimate of drug-likeness (QED) is 0.846. The van der Waals surface area contributed by atoms with Gasteiger partial charge in [-0.25, -0.2) is 9.48 Å². The van der Waals surface area contributed by atoms with Crippen LogP contribution in [0.1, 0.15) is 48.4 Å². The minimum Gasteiger partial charge on any atom is -0.480 e. The third-order valence-electron chi connectivity index (χ3n) is 4.46. The van der Waals surface area contributed by atoms with Crippen molar-refractivity contribution in [3.8, 4) is 5.69 Å². The highest BCUT2D eigenvalue weighted by Crippen LogP contribution is 2.27. The third-order valence-corrected chi connectivity index (χ3v) is 4.46. The molecule has 6 nitrogen and oxygen atoms in total. The topological polar surface area (TPSA) is 84.2 Å². The molecule has 1 atom stereocenters. The molecule has 0 saturated carbocycles. The summed E-state index contributed by atoms with van der Waals surface area (Å²) in [7, 11) is 0. The number of rotatable bonds is 6. The zero-order chi connectivity index (χ0) is 18.0. The van der Waals surface area contributed by atoms with E-state index in [1.807, 2.05) is 48.9 Å². The molecule has 1 amide bonds. The van der Waals surface area contributed by atoms with Crippen molar-refractivity contribution in [2.24, 2.45) is 5.92 Å². The smallest absolute Gasteiger partial charge is 0.326 e. The van der Waals surface area contributed by atoms with Crippen LogP contribution in [-0.4, -0.2) is 32.8 Å². The van der Waals surface area contributed by atoms with Gasteiger partial charge in [-0.2, -0.15) is 5.10 Å². The predicted molar refractivity (Wildman–Crippen MR) is 93.9 cm³/mol. The molecule has 2 aromatic rings. The Kier molecular flexibility index (Phi) is 4.88. The molecule has 132 valence electrons. The SMILES string of the molecule is CC(C)CC(NC(=O)c1nn(-c2ccccc2)c2c1CCC2)C(=O)O. The van der Waals surface area contributed by atoms with Crippen LogP contribution >= 0.6 is 0 Å². The van der Waals surface area contributed by atoms with Gasteiger partial charge in [-0.3, -0.25) is 4.79 Å². The number of hydrogen-bond donors (Lipinski definition) is 2. The zero-order valence-corrected chi connectivity index (χ0v) is 14.5. The average Bonchev–Trinajstić information content (AvgIpc) is 3.16. The first kappa shape index (κ1) is 17.2. The summed E-state index contributed by atoms with van der Waals surface area (Å²) in [6.07, 6.45) is 3.04. The molecule has 3 rings (SSSR count). The summed E-state index contributed by atoms with van der Waals surface area (Å²) in [5, 5.41) is 16.5. The van der Waals surface area contributed by atoms with Gasteiger partial charge in [0.05, 0.1) is 5.69 Å². The largest absolute Gasteiger partial charge is 0.480 e. The molecule has 1 aromatic carbocycles. The van der Waals surface area contributed by atoms with Crippen molar-refractivity contribution in [3.05, 3.63) is 47.3 Å². The molecule has 0 aliphatic heterocycles. The van der Waals surface area contributed by atoms with Crippen LogP contribution in [0.15, 0.2) is 30.3 Å². The van der Waals surface area contributed by atoms with E-state index in [1.54, 1.807) is 0 Å². The molecule has 0 bridgehead atoms. The third kappa shape index (κ3) is 3.57. The number of benzene rings is 1. The molecule has 1 aromatic heterocycles. The monoisotopic (exact) mass is 341 g/mol. The van der Waals surface area contributed by atoms with E-state index in [0.717, 1.165) is 36.2 Å². The van der Waals surface area contributed by atoms with Crippen LogP contribution in [0, 0.1) is 5.92 Å². The van der Waals surface area contributed by atoms with Crippen molar-refractivity contribution in [1.82, 2.24) is 15.1 Å². The number of carbonyl (C=O) groups is 2. The van der Waals surface area contributed by atoms with Gasteiger partial charge in [0, 0.05) is 11.3 Å². The summed E-state index contributed by atoms with van der Waals surface area (Å²) in [4.78, 5) is 24.1. The fourth-order valence-corrected chi connectivity index (χ4v) is 3.32. The molecule has 0 saturated heterocycles. The van der Waals surface area contributed by atoms with E-state index in [0.29, 0.717) is 12.1 Å². The number of nitrogens with zero attached hydrogens (tertiary/aromatic N) is 2. The molecule has 25 heavy (non-hydrogen) atoms. The van der Waals surface area contributed by atoms with Crippen LogP contribution in [0.3, 0.4) is 0 Å². The number of aromatic nitrogens is 2. The van der Waals surface area contributed by atoms with Gasteiger partial charge in [-0.05, 0) is 43.7 Å². The molecule has 0 fully saturated rings. The van der Waals surface area contributed by atoms with Gasteiger partial charge >= 0.3 is 5.97 Å². The molecule has 2 N–H and O–H groups in total. The number of carboxylic acids is 1. The van der Waals surface area contributed by atoms with E-state index in [-0.39, 0.29) is 5.92 Å². The fraction of sp³-hybridized carbons (Fsp3) is 0.421. The van der Waals surface area contributed by atoms with Gasteiger partial charge in [-0.15, -0.1) is 0 Å². The van der Waals surface area contributed by atoms with Crippen LogP contribution in [0.2, 0.25) is 0 Å². The highest BCUT2D eigenvalue weighted by atomic mass is 16.4. The lowest BCUT2D eigenvalue weighted by Crippen LogP contribution is -2.42. The summed E-state index contributed by atoms with van der Waals surface area (Å²) in [5.41, 5.74) is 3.25. The number of amides is 1. The number of carbonyl (C=O) groups excluding carboxylic acids is 1. The van der Waals surface area contributed by atoms with E-state index in [2.05, 4.69) is 10.4 Å². The average molecular weight is 341 g/mol. The molecular weight excluding hydrogens is 318 g/mol. The number of aliphatic carboxylic acids is 1. The predicted octanol–water partition coefficient (Wildman–Crippen LogP) is 2.59. The Balaban J connectivity index is 1.90. The lowest BCUT2D eigenvalue weighted by molar-refractivity contribution is -0.139. The number of hydrogen-bond acceptors (Lipinski definition) is 3. The summed E-state index contributed by atoms with van der Waals surface area (Å²) in [5.74, 6) is -1.24. The molecule has 1 aliphatic carbocycles. The standard InChI is InChI=1S/C19H23N3O3/c1-12(2)11-15(19(24)25)20-18(23)17-14-9-6-10-16(14)22(21-17)13-7-4-3-5-8-13/h3-5,7-8,12,15H,6,9-11H2,1-2H3,(H,20,23)(H,24,25). The lowest BCUT2D eigenvalue weighted by atomic mass is 10.0. The first-order valence-electron chi connectivity index (χ1n) is 8.67. The van der Waals surface area contributed by atoms with Crippen LogP contribution in [0.5, 0.6) is 0 Å². The molecule has 6 heteroatoms. The van der Waals surface area contributed by atoms with E-state index in [4.69, 9.17) is 0 Å². The van der Waals surface area contributed by atoms with Gasteiger partial charge in [0.1, 0.15) is 6.04 Å². The van der Waals surface area contributed by atoms with Crippen molar-refractivity contribution in [2.75, 3.05) is 0 Å². The fourth-order valence-electron chi connectivity index (χ4n) is 3.32. The maximum atomic E-state index is 12.7. The molecule has 0 spiro atoms. The summed E-state index contributed by atoms with van der Waals surface area (Å²) < 4.78 is 1.81. The van der Waals surface area contributed by atoms with E-state index >= 15 is 0 Å². The number of fused-ring (bicyclic) bond motifs is 1. The Hall–Kier alpha value is -2.63. The lowest BCUT2D eigenvalue weighted by Gasteiger charge is -2.16. The minimum atomic E-state index is -1.01. The molecular formula is C19H23N3O3.